The number of carbonyl (C=O) groups is 1. The molecule has 0 amide bonds. The van der Waals surface area contributed by atoms with Crippen LogP contribution in [0.2, 0.25) is 0 Å². The molecule has 10 heteroatoms. The molecule has 0 spiro atoms. The fourth-order valence-electron chi connectivity index (χ4n) is 4.25. The molecule has 1 unspecified atom stereocenters. The number of allylic oxidation sites excluding steroid dienone is 1. The third-order valence-corrected chi connectivity index (χ3v) is 7.12. The lowest BCUT2D eigenvalue weighted by Crippen LogP contribution is -2.40. The molecule has 1 aromatic heterocycles. The van der Waals surface area contributed by atoms with Crippen molar-refractivity contribution in [3.8, 4) is 17.2 Å². The first-order valence-corrected chi connectivity index (χ1v) is 13.4. The van der Waals surface area contributed by atoms with E-state index in [1.807, 2.05) is 37.3 Å². The second kappa shape index (κ2) is 12.8. The Kier molecular flexibility index (Phi) is 9.21. The van der Waals surface area contributed by atoms with E-state index in [1.165, 1.54) is 18.4 Å². The van der Waals surface area contributed by atoms with Crippen molar-refractivity contribution in [1.82, 2.24) is 4.57 Å². The van der Waals surface area contributed by atoms with E-state index < -0.39 is 12.0 Å². The molecule has 0 saturated carbocycles. The summed E-state index contributed by atoms with van der Waals surface area (Å²) in [5.41, 5.74) is 2.04. The average molecular weight is 553 g/mol. The number of nitrogens with zero attached hydrogens (tertiary/aromatic N) is 2. The van der Waals surface area contributed by atoms with Crippen molar-refractivity contribution in [2.24, 2.45) is 4.99 Å². The molecule has 1 aliphatic heterocycles. The number of methoxy groups -OCH3 is 3. The number of hydrogen-bond donors (Lipinski definition) is 0. The van der Waals surface area contributed by atoms with Crippen LogP contribution in [-0.2, 0) is 14.3 Å². The summed E-state index contributed by atoms with van der Waals surface area (Å²) in [5, 5.41) is 0. The molecular formula is C29H32N2O7S. The van der Waals surface area contributed by atoms with Gasteiger partial charge in [-0.3, -0.25) is 9.36 Å². The lowest BCUT2D eigenvalue weighted by molar-refractivity contribution is -0.140. The number of carbonyl (C=O) groups excluding carboxylic acids is 1. The second-order valence-electron chi connectivity index (χ2n) is 8.74. The number of esters is 1. The van der Waals surface area contributed by atoms with Crippen molar-refractivity contribution in [3.63, 3.8) is 0 Å². The molecule has 0 bridgehead atoms. The molecule has 0 aliphatic carbocycles. The molecule has 0 saturated heterocycles. The number of ether oxygens (including phenoxy) is 5. The molecule has 2 aromatic carbocycles. The van der Waals surface area contributed by atoms with Gasteiger partial charge in [0.05, 0.1) is 49.3 Å². The molecule has 4 rings (SSSR count). The first-order chi connectivity index (χ1) is 18.9. The van der Waals surface area contributed by atoms with E-state index in [9.17, 15) is 9.59 Å². The Hall–Kier alpha value is -3.89. The highest BCUT2D eigenvalue weighted by molar-refractivity contribution is 7.07. The van der Waals surface area contributed by atoms with Gasteiger partial charge < -0.3 is 23.7 Å². The highest BCUT2D eigenvalue weighted by atomic mass is 32.1. The largest absolute Gasteiger partial charge is 0.494 e. The summed E-state index contributed by atoms with van der Waals surface area (Å²) in [4.78, 5) is 32.2. The minimum Gasteiger partial charge on any atom is -0.494 e. The summed E-state index contributed by atoms with van der Waals surface area (Å²) in [5.74, 6) is 1.32. The SMILES string of the molecule is CCCOc1ccc(C2C(C(=O)OCCOC)=C(C)N=c3sc(=Cc4ccc(OC)c(OC)c4)c(=O)n32)cc1. The van der Waals surface area contributed by atoms with Gasteiger partial charge in [0.15, 0.2) is 16.3 Å². The molecular weight excluding hydrogens is 520 g/mol. The zero-order chi connectivity index (χ0) is 27.9. The lowest BCUT2D eigenvalue weighted by atomic mass is 9.96. The molecule has 9 nitrogen and oxygen atoms in total. The quantitative estimate of drug-likeness (QED) is 0.266. The van der Waals surface area contributed by atoms with Gasteiger partial charge in [0, 0.05) is 7.11 Å². The number of hydrogen-bond acceptors (Lipinski definition) is 9. The standard InChI is InChI=1S/C29H32N2O7S/c1-6-13-37-21-10-8-20(9-11-21)26-25(28(33)38-15-14-34-3)18(2)30-29-31(26)27(32)24(39-29)17-19-7-12-22(35-4)23(16-19)36-5/h7-12,16-17,26H,6,13-15H2,1-5H3. The van der Waals surface area contributed by atoms with E-state index in [-0.39, 0.29) is 18.8 Å². The number of benzene rings is 2. The zero-order valence-electron chi connectivity index (χ0n) is 22.7. The number of fused-ring (bicyclic) bond motifs is 1. The van der Waals surface area contributed by atoms with Gasteiger partial charge in [-0.1, -0.05) is 36.5 Å². The lowest BCUT2D eigenvalue weighted by Gasteiger charge is -2.25. The summed E-state index contributed by atoms with van der Waals surface area (Å²) in [6.07, 6.45) is 2.67. The highest BCUT2D eigenvalue weighted by Crippen LogP contribution is 2.32. The predicted molar refractivity (Wildman–Crippen MR) is 148 cm³/mol. The van der Waals surface area contributed by atoms with Crippen LogP contribution in [0.4, 0.5) is 0 Å². The molecule has 2 heterocycles. The predicted octanol–water partition coefficient (Wildman–Crippen LogP) is 3.23. The third-order valence-electron chi connectivity index (χ3n) is 6.14. The van der Waals surface area contributed by atoms with Crippen molar-refractivity contribution < 1.29 is 28.5 Å². The van der Waals surface area contributed by atoms with Crippen molar-refractivity contribution in [2.45, 2.75) is 26.3 Å². The van der Waals surface area contributed by atoms with Gasteiger partial charge in [0.25, 0.3) is 5.56 Å². The Bertz CT molecular complexity index is 1540. The van der Waals surface area contributed by atoms with E-state index in [0.29, 0.717) is 44.5 Å². The van der Waals surface area contributed by atoms with Gasteiger partial charge in [0.1, 0.15) is 12.4 Å². The zero-order valence-corrected chi connectivity index (χ0v) is 23.5. The fraction of sp³-hybridized carbons (Fsp3) is 0.345. The Morgan fingerprint density at radius 3 is 2.44 bits per heavy atom. The van der Waals surface area contributed by atoms with Crippen molar-refractivity contribution >= 4 is 23.4 Å². The van der Waals surface area contributed by atoms with Crippen molar-refractivity contribution in [1.29, 1.82) is 0 Å². The van der Waals surface area contributed by atoms with Crippen LogP contribution in [0.3, 0.4) is 0 Å². The average Bonchev–Trinajstić information content (AvgIpc) is 3.25. The summed E-state index contributed by atoms with van der Waals surface area (Å²) in [7, 11) is 4.66. The van der Waals surface area contributed by atoms with Crippen LogP contribution in [0, 0.1) is 0 Å². The molecule has 39 heavy (non-hydrogen) atoms. The first kappa shape index (κ1) is 28.1. The van der Waals surface area contributed by atoms with Gasteiger partial charge in [-0.2, -0.15) is 0 Å². The number of thiazole rings is 1. The summed E-state index contributed by atoms with van der Waals surface area (Å²) >= 11 is 1.26. The van der Waals surface area contributed by atoms with E-state index in [1.54, 1.807) is 43.9 Å². The van der Waals surface area contributed by atoms with Crippen LogP contribution < -0.4 is 29.1 Å². The van der Waals surface area contributed by atoms with Gasteiger partial charge in [-0.05, 0) is 54.8 Å². The van der Waals surface area contributed by atoms with Crippen LogP contribution in [0.15, 0.2) is 63.5 Å². The number of rotatable bonds is 11. The Labute approximate surface area is 230 Å². The smallest absolute Gasteiger partial charge is 0.338 e. The molecule has 1 aliphatic rings. The van der Waals surface area contributed by atoms with Crippen LogP contribution in [0.5, 0.6) is 17.2 Å². The normalized spacial score (nSPS) is 15.0. The minimum atomic E-state index is -0.718. The number of aromatic nitrogens is 1. The van der Waals surface area contributed by atoms with Gasteiger partial charge >= 0.3 is 5.97 Å². The molecule has 0 radical (unpaired) electrons. The maximum atomic E-state index is 13.8. The van der Waals surface area contributed by atoms with E-state index in [0.717, 1.165) is 17.5 Å². The minimum absolute atomic E-state index is 0.0896. The molecule has 1 atom stereocenters. The summed E-state index contributed by atoms with van der Waals surface area (Å²) in [6.45, 7) is 4.74. The van der Waals surface area contributed by atoms with Crippen molar-refractivity contribution in [3.05, 3.63) is 84.5 Å². The third kappa shape index (κ3) is 6.07. The Morgan fingerprint density at radius 2 is 1.77 bits per heavy atom. The molecule has 206 valence electrons. The van der Waals surface area contributed by atoms with Crippen molar-refractivity contribution in [2.75, 3.05) is 41.2 Å². The molecule has 0 fully saturated rings. The van der Waals surface area contributed by atoms with E-state index in [4.69, 9.17) is 23.7 Å². The van der Waals surface area contributed by atoms with Crippen LogP contribution >= 0.6 is 11.3 Å². The first-order valence-electron chi connectivity index (χ1n) is 12.5. The van der Waals surface area contributed by atoms with Crippen LogP contribution in [0.25, 0.3) is 6.08 Å². The monoisotopic (exact) mass is 552 g/mol. The maximum Gasteiger partial charge on any atom is 0.338 e. The molecule has 3 aromatic rings. The van der Waals surface area contributed by atoms with Gasteiger partial charge in [-0.25, -0.2) is 9.79 Å². The maximum absolute atomic E-state index is 13.8. The Morgan fingerprint density at radius 1 is 1.03 bits per heavy atom. The van der Waals surface area contributed by atoms with Gasteiger partial charge in [0.2, 0.25) is 0 Å². The topological polar surface area (TPSA) is 97.6 Å². The highest BCUT2D eigenvalue weighted by Gasteiger charge is 2.33. The van der Waals surface area contributed by atoms with Crippen LogP contribution in [0.1, 0.15) is 37.4 Å². The van der Waals surface area contributed by atoms with E-state index >= 15 is 0 Å². The fourth-order valence-corrected chi connectivity index (χ4v) is 5.30. The van der Waals surface area contributed by atoms with Crippen LogP contribution in [-0.4, -0.2) is 51.7 Å². The Balaban J connectivity index is 1.84. The summed E-state index contributed by atoms with van der Waals surface area (Å²) in [6, 6.07) is 12.1. The second-order valence-corrected chi connectivity index (χ2v) is 9.75. The molecule has 0 N–H and O–H groups in total. The summed E-state index contributed by atoms with van der Waals surface area (Å²) < 4.78 is 29.0. The van der Waals surface area contributed by atoms with E-state index in [2.05, 4.69) is 4.99 Å². The van der Waals surface area contributed by atoms with Gasteiger partial charge in [-0.15, -0.1) is 0 Å².